The van der Waals surface area contributed by atoms with E-state index in [0.29, 0.717) is 17.1 Å². The molecule has 1 spiro atoms. The summed E-state index contributed by atoms with van der Waals surface area (Å²) >= 11 is 5.57. The van der Waals surface area contributed by atoms with E-state index in [0.717, 1.165) is 19.5 Å². The van der Waals surface area contributed by atoms with Crippen molar-refractivity contribution in [2.45, 2.75) is 37.9 Å². The molecule has 2 aromatic rings. The lowest BCUT2D eigenvalue weighted by molar-refractivity contribution is 0.124. The van der Waals surface area contributed by atoms with Crippen molar-refractivity contribution in [1.82, 2.24) is 10.2 Å². The van der Waals surface area contributed by atoms with Gasteiger partial charge in [0.1, 0.15) is 16.3 Å². The highest BCUT2D eigenvalue weighted by molar-refractivity contribution is 7.80. The summed E-state index contributed by atoms with van der Waals surface area (Å²) in [6, 6.07) is 16.5. The van der Waals surface area contributed by atoms with Crippen LogP contribution in [0.1, 0.15) is 25.3 Å². The number of halogens is 1. The van der Waals surface area contributed by atoms with Crippen molar-refractivity contribution >= 4 is 28.9 Å². The molecular formula is C21H22FN3OS. The van der Waals surface area contributed by atoms with Crippen molar-refractivity contribution in [2.24, 2.45) is 0 Å². The van der Waals surface area contributed by atoms with Crippen LogP contribution in [0.15, 0.2) is 54.6 Å². The predicted octanol–water partition coefficient (Wildman–Crippen LogP) is 4.11. The Hall–Kier alpha value is -2.31. The lowest BCUT2D eigenvalue weighted by Crippen LogP contribution is -2.58. The van der Waals surface area contributed by atoms with Crippen LogP contribution in [0.4, 0.5) is 14.9 Å². The summed E-state index contributed by atoms with van der Waals surface area (Å²) in [4.78, 5) is 17.3. The largest absolute Gasteiger partial charge is 0.327 e. The standard InChI is InChI=1S/C21H22FN3OS/c1-15-13-21(10-11-24(15)14-16-6-3-2-4-7-16)19(27)23-20(26)25(21)18-9-5-8-17(22)12-18/h2-9,12,15H,10-11,13-14H2,1H3,(H,23,26,27)/t15-,21+/m0/s1. The monoisotopic (exact) mass is 383 g/mol. The van der Waals surface area contributed by atoms with Crippen LogP contribution in [-0.2, 0) is 6.54 Å². The molecule has 2 heterocycles. The number of nitrogens with zero attached hydrogens (tertiary/aromatic N) is 2. The number of carbonyl (C=O) groups excluding carboxylic acids is 1. The van der Waals surface area contributed by atoms with Crippen LogP contribution in [0.5, 0.6) is 0 Å². The molecule has 4 rings (SSSR count). The zero-order valence-electron chi connectivity index (χ0n) is 15.2. The van der Waals surface area contributed by atoms with Gasteiger partial charge in [-0.15, -0.1) is 0 Å². The molecule has 2 atom stereocenters. The van der Waals surface area contributed by atoms with Crippen molar-refractivity contribution in [2.75, 3.05) is 11.4 Å². The summed E-state index contributed by atoms with van der Waals surface area (Å²) in [6.45, 7) is 3.85. The Balaban J connectivity index is 1.60. The first-order valence-electron chi connectivity index (χ1n) is 9.19. The molecule has 4 nitrogen and oxygen atoms in total. The zero-order valence-corrected chi connectivity index (χ0v) is 16.0. The number of thiocarbonyl (C=S) groups is 1. The van der Waals surface area contributed by atoms with E-state index < -0.39 is 5.54 Å². The fraction of sp³-hybridized carbons (Fsp3) is 0.333. The molecule has 0 aromatic heterocycles. The van der Waals surface area contributed by atoms with E-state index in [-0.39, 0.29) is 17.9 Å². The molecule has 1 N–H and O–H groups in total. The molecule has 0 radical (unpaired) electrons. The highest BCUT2D eigenvalue weighted by Gasteiger charge is 2.53. The first-order chi connectivity index (χ1) is 13.0. The number of hydrogen-bond acceptors (Lipinski definition) is 3. The molecule has 0 saturated carbocycles. The molecule has 6 heteroatoms. The second-order valence-electron chi connectivity index (χ2n) is 7.37. The van der Waals surface area contributed by atoms with Gasteiger partial charge in [-0.3, -0.25) is 15.1 Å². The first kappa shape index (κ1) is 18.1. The number of amides is 2. The van der Waals surface area contributed by atoms with Gasteiger partial charge >= 0.3 is 6.03 Å². The van der Waals surface area contributed by atoms with Gasteiger partial charge in [0.15, 0.2) is 0 Å². The number of likely N-dealkylation sites (tertiary alicyclic amines) is 1. The first-order valence-corrected chi connectivity index (χ1v) is 9.60. The van der Waals surface area contributed by atoms with Crippen molar-refractivity contribution in [3.63, 3.8) is 0 Å². The highest BCUT2D eigenvalue weighted by atomic mass is 32.1. The Morgan fingerprint density at radius 1 is 1.22 bits per heavy atom. The number of rotatable bonds is 3. The number of anilines is 1. The molecule has 27 heavy (non-hydrogen) atoms. The van der Waals surface area contributed by atoms with E-state index >= 15 is 0 Å². The maximum atomic E-state index is 13.8. The third kappa shape index (κ3) is 3.24. The topological polar surface area (TPSA) is 35.6 Å². The smallest absolute Gasteiger partial charge is 0.300 e. The van der Waals surface area contributed by atoms with E-state index in [1.165, 1.54) is 17.7 Å². The molecule has 0 unspecified atom stereocenters. The van der Waals surface area contributed by atoms with E-state index in [1.54, 1.807) is 17.0 Å². The van der Waals surface area contributed by atoms with Crippen LogP contribution in [0.2, 0.25) is 0 Å². The van der Waals surface area contributed by atoms with E-state index in [9.17, 15) is 9.18 Å². The van der Waals surface area contributed by atoms with Gasteiger partial charge in [0.2, 0.25) is 0 Å². The Morgan fingerprint density at radius 2 is 2.00 bits per heavy atom. The second kappa shape index (κ2) is 7.02. The molecule has 140 valence electrons. The van der Waals surface area contributed by atoms with Crippen LogP contribution in [0, 0.1) is 5.82 Å². The van der Waals surface area contributed by atoms with Gasteiger partial charge in [-0.05, 0) is 43.5 Å². The van der Waals surface area contributed by atoms with Gasteiger partial charge in [0.25, 0.3) is 0 Å². The molecule has 2 aromatic carbocycles. The van der Waals surface area contributed by atoms with Crippen molar-refractivity contribution < 1.29 is 9.18 Å². The van der Waals surface area contributed by atoms with Gasteiger partial charge in [-0.2, -0.15) is 0 Å². The number of piperidine rings is 1. The number of hydrogen-bond donors (Lipinski definition) is 1. The number of urea groups is 1. The third-order valence-electron chi connectivity index (χ3n) is 5.64. The van der Waals surface area contributed by atoms with Crippen molar-refractivity contribution in [3.8, 4) is 0 Å². The molecule has 2 fully saturated rings. The average molecular weight is 383 g/mol. The molecule has 0 aliphatic carbocycles. The van der Waals surface area contributed by atoms with Gasteiger partial charge in [-0.25, -0.2) is 9.18 Å². The van der Waals surface area contributed by atoms with Crippen LogP contribution in [0.3, 0.4) is 0 Å². The summed E-state index contributed by atoms with van der Waals surface area (Å²) in [5.41, 5.74) is 1.23. The molecule has 2 aliphatic heterocycles. The normalized spacial score (nSPS) is 25.9. The lowest BCUT2D eigenvalue weighted by Gasteiger charge is -2.46. The summed E-state index contributed by atoms with van der Waals surface area (Å²) in [6.07, 6.45) is 1.44. The van der Waals surface area contributed by atoms with Gasteiger partial charge in [0, 0.05) is 24.8 Å². The summed E-state index contributed by atoms with van der Waals surface area (Å²) < 4.78 is 13.8. The molecule has 2 amide bonds. The quantitative estimate of drug-likeness (QED) is 0.811. The Kier molecular flexibility index (Phi) is 4.70. The minimum atomic E-state index is -0.590. The van der Waals surface area contributed by atoms with Gasteiger partial charge < -0.3 is 0 Å². The predicted molar refractivity (Wildman–Crippen MR) is 108 cm³/mol. The second-order valence-corrected chi connectivity index (χ2v) is 7.77. The van der Waals surface area contributed by atoms with Gasteiger partial charge in [0.05, 0.1) is 0 Å². The summed E-state index contributed by atoms with van der Waals surface area (Å²) in [7, 11) is 0. The minimum Gasteiger partial charge on any atom is -0.300 e. The Labute approximate surface area is 164 Å². The lowest BCUT2D eigenvalue weighted by atomic mass is 9.82. The molecule has 0 bridgehead atoms. The van der Waals surface area contributed by atoms with E-state index in [4.69, 9.17) is 12.2 Å². The number of carbonyl (C=O) groups is 1. The van der Waals surface area contributed by atoms with Crippen LogP contribution < -0.4 is 10.2 Å². The van der Waals surface area contributed by atoms with Gasteiger partial charge in [-0.1, -0.05) is 48.6 Å². The Bertz CT molecular complexity index is 875. The maximum Gasteiger partial charge on any atom is 0.327 e. The minimum absolute atomic E-state index is 0.237. The summed E-state index contributed by atoms with van der Waals surface area (Å²) in [5.74, 6) is -0.358. The Morgan fingerprint density at radius 3 is 2.70 bits per heavy atom. The molecule has 2 saturated heterocycles. The van der Waals surface area contributed by atoms with E-state index in [2.05, 4.69) is 29.3 Å². The highest BCUT2D eigenvalue weighted by Crippen LogP contribution is 2.40. The van der Waals surface area contributed by atoms with Crippen molar-refractivity contribution in [3.05, 3.63) is 66.0 Å². The zero-order chi connectivity index (χ0) is 19.0. The molecule has 2 aliphatic rings. The fourth-order valence-corrected chi connectivity index (χ4v) is 4.64. The number of nitrogens with one attached hydrogen (secondary N) is 1. The van der Waals surface area contributed by atoms with Crippen LogP contribution >= 0.6 is 12.2 Å². The van der Waals surface area contributed by atoms with Crippen LogP contribution in [-0.4, -0.2) is 34.0 Å². The fourth-order valence-electron chi connectivity index (χ4n) is 4.28. The maximum absolute atomic E-state index is 13.8. The van der Waals surface area contributed by atoms with Crippen molar-refractivity contribution in [1.29, 1.82) is 0 Å². The molecular weight excluding hydrogens is 361 g/mol. The summed E-state index contributed by atoms with van der Waals surface area (Å²) in [5, 5.41) is 2.81. The van der Waals surface area contributed by atoms with E-state index in [1.807, 2.05) is 18.2 Å². The number of benzene rings is 2. The SMILES string of the molecule is C[C@H]1C[C@]2(CCN1Cc1ccccc1)C(=S)NC(=O)N2c1cccc(F)c1. The van der Waals surface area contributed by atoms with Crippen LogP contribution in [0.25, 0.3) is 0 Å². The average Bonchev–Trinajstić information content (AvgIpc) is 2.88. The third-order valence-corrected chi connectivity index (χ3v) is 6.12.